The van der Waals surface area contributed by atoms with Crippen LogP contribution in [0.2, 0.25) is 0 Å². The maximum atomic E-state index is 5.72. The molecule has 1 aromatic carbocycles. The number of nitrogens with two attached hydrogens (primary N) is 1. The molecule has 0 radical (unpaired) electrons. The molecular weight excluding hydrogens is 232 g/mol. The highest BCUT2D eigenvalue weighted by molar-refractivity contribution is 5.46. The van der Waals surface area contributed by atoms with Gasteiger partial charge in [0.25, 0.3) is 0 Å². The van der Waals surface area contributed by atoms with Gasteiger partial charge in [-0.15, -0.1) is 0 Å². The van der Waals surface area contributed by atoms with E-state index < -0.39 is 0 Å². The zero-order chi connectivity index (χ0) is 12.4. The van der Waals surface area contributed by atoms with E-state index >= 15 is 0 Å². The molecule has 1 saturated heterocycles. The summed E-state index contributed by atoms with van der Waals surface area (Å²) in [5.41, 5.74) is 5.13. The summed E-state index contributed by atoms with van der Waals surface area (Å²) in [4.78, 5) is 0. The van der Waals surface area contributed by atoms with Crippen LogP contribution < -0.4 is 16.0 Å². The molecule has 2 aliphatic heterocycles. The number of rotatable bonds is 3. The molecule has 18 heavy (non-hydrogen) atoms. The van der Waals surface area contributed by atoms with Gasteiger partial charge < -0.3 is 14.2 Å². The first-order chi connectivity index (χ1) is 8.90. The zero-order valence-electron chi connectivity index (χ0n) is 10.2. The first-order valence-corrected chi connectivity index (χ1v) is 6.30. The number of fused-ring (bicyclic) bond motifs is 1. The van der Waals surface area contributed by atoms with Crippen LogP contribution in [0, 0.1) is 0 Å². The second-order valence-electron chi connectivity index (χ2n) is 4.56. The lowest BCUT2D eigenvalue weighted by molar-refractivity contribution is -0.102. The van der Waals surface area contributed by atoms with Crippen molar-refractivity contribution in [1.29, 1.82) is 0 Å². The van der Waals surface area contributed by atoms with E-state index in [0.717, 1.165) is 24.3 Å². The van der Waals surface area contributed by atoms with Gasteiger partial charge in [-0.1, -0.05) is 18.2 Å². The summed E-state index contributed by atoms with van der Waals surface area (Å²) in [6.45, 7) is 2.56. The molecule has 0 saturated carbocycles. The average Bonchev–Trinajstić information content (AvgIpc) is 2.90. The van der Waals surface area contributed by atoms with E-state index in [4.69, 9.17) is 20.1 Å². The lowest BCUT2D eigenvalue weighted by Crippen LogP contribution is -2.43. The molecule has 0 aromatic heterocycles. The van der Waals surface area contributed by atoms with Gasteiger partial charge in [0.15, 0.2) is 0 Å². The third-order valence-corrected chi connectivity index (χ3v) is 3.47. The average molecular weight is 250 g/mol. The Balaban J connectivity index is 1.89. The van der Waals surface area contributed by atoms with Crippen molar-refractivity contribution >= 4 is 0 Å². The van der Waals surface area contributed by atoms with Gasteiger partial charge >= 0.3 is 0 Å². The van der Waals surface area contributed by atoms with E-state index in [1.807, 2.05) is 12.1 Å². The maximum Gasteiger partial charge on any atom is 0.127 e. The fourth-order valence-corrected chi connectivity index (χ4v) is 2.58. The Labute approximate surface area is 106 Å². The number of para-hydroxylation sites is 1. The molecule has 98 valence electrons. The molecule has 3 N–H and O–H groups in total. The van der Waals surface area contributed by atoms with Crippen molar-refractivity contribution in [1.82, 2.24) is 5.43 Å². The minimum Gasteiger partial charge on any atom is -0.493 e. The summed E-state index contributed by atoms with van der Waals surface area (Å²) in [6, 6.07) is 6.07. The quantitative estimate of drug-likeness (QED) is 0.605. The fourth-order valence-electron chi connectivity index (χ4n) is 2.58. The van der Waals surface area contributed by atoms with Crippen molar-refractivity contribution in [3.8, 4) is 5.75 Å². The van der Waals surface area contributed by atoms with Crippen LogP contribution in [0.15, 0.2) is 18.2 Å². The standard InChI is InChI=1S/C13H18N2O3/c14-15-12(11-8-16-6-7-17-11)10-3-1-2-9-4-5-18-13(9)10/h1-3,11-12,15H,4-8,14H2. The van der Waals surface area contributed by atoms with E-state index in [9.17, 15) is 0 Å². The Morgan fingerprint density at radius 2 is 2.22 bits per heavy atom. The van der Waals surface area contributed by atoms with E-state index in [0.29, 0.717) is 19.8 Å². The van der Waals surface area contributed by atoms with Crippen molar-refractivity contribution in [2.45, 2.75) is 18.6 Å². The normalized spacial score (nSPS) is 24.4. The molecular formula is C13H18N2O3. The third kappa shape index (κ3) is 2.10. The van der Waals surface area contributed by atoms with Crippen LogP contribution in [-0.4, -0.2) is 32.5 Å². The molecule has 0 spiro atoms. The Kier molecular flexibility index (Phi) is 3.47. The monoisotopic (exact) mass is 250 g/mol. The minimum atomic E-state index is -0.0988. The first-order valence-electron chi connectivity index (χ1n) is 6.30. The predicted octanol–water partition coefficient (Wildman–Crippen LogP) is 0.541. The summed E-state index contributed by atoms with van der Waals surface area (Å²) in [7, 11) is 0. The van der Waals surface area contributed by atoms with Gasteiger partial charge in [-0.05, 0) is 5.56 Å². The number of benzene rings is 1. The Hall–Kier alpha value is -1.14. The molecule has 0 bridgehead atoms. The Morgan fingerprint density at radius 3 is 3.00 bits per heavy atom. The molecule has 0 aliphatic carbocycles. The molecule has 0 amide bonds. The molecule has 3 rings (SSSR count). The molecule has 2 unspecified atom stereocenters. The maximum absolute atomic E-state index is 5.72. The van der Waals surface area contributed by atoms with Crippen LogP contribution >= 0.6 is 0 Å². The molecule has 5 nitrogen and oxygen atoms in total. The lowest BCUT2D eigenvalue weighted by Gasteiger charge is -2.30. The molecule has 1 aromatic rings. The van der Waals surface area contributed by atoms with Gasteiger partial charge in [-0.25, -0.2) is 0 Å². The highest BCUT2D eigenvalue weighted by Crippen LogP contribution is 2.35. The molecule has 1 fully saturated rings. The number of nitrogens with one attached hydrogen (secondary N) is 1. The van der Waals surface area contributed by atoms with Crippen LogP contribution in [-0.2, 0) is 15.9 Å². The fraction of sp³-hybridized carbons (Fsp3) is 0.538. The molecule has 5 heteroatoms. The molecule has 2 atom stereocenters. The van der Waals surface area contributed by atoms with E-state index in [2.05, 4.69) is 11.5 Å². The summed E-state index contributed by atoms with van der Waals surface area (Å²) < 4.78 is 16.9. The topological polar surface area (TPSA) is 65.7 Å². The van der Waals surface area contributed by atoms with Gasteiger partial charge in [0.1, 0.15) is 11.9 Å². The number of hydrogen-bond acceptors (Lipinski definition) is 5. The Morgan fingerprint density at radius 1 is 1.28 bits per heavy atom. The van der Waals surface area contributed by atoms with Crippen molar-refractivity contribution in [3.63, 3.8) is 0 Å². The number of hydrogen-bond donors (Lipinski definition) is 2. The van der Waals surface area contributed by atoms with Crippen LogP contribution in [0.4, 0.5) is 0 Å². The van der Waals surface area contributed by atoms with Gasteiger partial charge in [0.05, 0.1) is 32.5 Å². The van der Waals surface area contributed by atoms with Crippen molar-refractivity contribution in [3.05, 3.63) is 29.3 Å². The predicted molar refractivity (Wildman–Crippen MR) is 66.3 cm³/mol. The van der Waals surface area contributed by atoms with Crippen molar-refractivity contribution in [2.24, 2.45) is 5.84 Å². The highest BCUT2D eigenvalue weighted by atomic mass is 16.6. The second kappa shape index (κ2) is 5.24. The first kappa shape index (κ1) is 11.9. The van der Waals surface area contributed by atoms with Crippen LogP contribution in [0.3, 0.4) is 0 Å². The van der Waals surface area contributed by atoms with Crippen LogP contribution in [0.1, 0.15) is 17.2 Å². The van der Waals surface area contributed by atoms with Crippen molar-refractivity contribution < 1.29 is 14.2 Å². The van der Waals surface area contributed by atoms with Gasteiger partial charge in [-0.2, -0.15) is 0 Å². The largest absolute Gasteiger partial charge is 0.493 e. The second-order valence-corrected chi connectivity index (χ2v) is 4.56. The summed E-state index contributed by atoms with van der Waals surface area (Å²) in [5, 5.41) is 0. The summed E-state index contributed by atoms with van der Waals surface area (Å²) in [6.07, 6.45) is 0.891. The Bertz CT molecular complexity index is 419. The van der Waals surface area contributed by atoms with Gasteiger partial charge in [0, 0.05) is 12.0 Å². The smallest absolute Gasteiger partial charge is 0.127 e. The SMILES string of the molecule is NNC(c1cccc2c1OCC2)C1COCCO1. The highest BCUT2D eigenvalue weighted by Gasteiger charge is 2.30. The lowest BCUT2D eigenvalue weighted by atomic mass is 9.98. The zero-order valence-corrected chi connectivity index (χ0v) is 10.2. The van der Waals surface area contributed by atoms with Gasteiger partial charge in [0.2, 0.25) is 0 Å². The van der Waals surface area contributed by atoms with Gasteiger partial charge in [-0.3, -0.25) is 11.3 Å². The van der Waals surface area contributed by atoms with Crippen molar-refractivity contribution in [2.75, 3.05) is 26.4 Å². The third-order valence-electron chi connectivity index (χ3n) is 3.47. The minimum absolute atomic E-state index is 0.0700. The van der Waals surface area contributed by atoms with E-state index in [-0.39, 0.29) is 12.1 Å². The molecule has 2 aliphatic rings. The van der Waals surface area contributed by atoms with Crippen LogP contribution in [0.25, 0.3) is 0 Å². The molecule has 2 heterocycles. The van der Waals surface area contributed by atoms with E-state index in [1.165, 1.54) is 5.56 Å². The van der Waals surface area contributed by atoms with E-state index in [1.54, 1.807) is 0 Å². The van der Waals surface area contributed by atoms with Crippen LogP contribution in [0.5, 0.6) is 5.75 Å². The number of hydrazine groups is 1. The number of ether oxygens (including phenoxy) is 3. The summed E-state index contributed by atoms with van der Waals surface area (Å²) >= 11 is 0. The summed E-state index contributed by atoms with van der Waals surface area (Å²) in [5.74, 6) is 6.64.